The molecule has 2 aromatic rings. The minimum atomic E-state index is 0.739. The minimum absolute atomic E-state index is 0.739. The molecule has 0 bridgehead atoms. The van der Waals surface area contributed by atoms with Crippen LogP contribution in [0.2, 0.25) is 0 Å². The van der Waals surface area contributed by atoms with Crippen LogP contribution in [-0.2, 0) is 6.54 Å². The maximum Gasteiger partial charge on any atom is 0.179 e. The number of nitrogens with zero attached hydrogens (tertiary/aromatic N) is 2. The molecule has 0 aliphatic heterocycles. The predicted octanol–water partition coefficient (Wildman–Crippen LogP) is 3.66. The van der Waals surface area contributed by atoms with Crippen molar-refractivity contribution in [2.75, 3.05) is 6.26 Å². The zero-order chi connectivity index (χ0) is 13.1. The van der Waals surface area contributed by atoms with Gasteiger partial charge in [-0.3, -0.25) is 0 Å². The van der Waals surface area contributed by atoms with Crippen molar-refractivity contribution in [2.45, 2.75) is 39.0 Å². The van der Waals surface area contributed by atoms with Crippen LogP contribution in [-0.4, -0.2) is 22.5 Å². The Balaban J connectivity index is 1.71. The Labute approximate surface area is 125 Å². The van der Waals surface area contributed by atoms with Crippen LogP contribution in [0.3, 0.4) is 0 Å². The quantitative estimate of drug-likeness (QED) is 0.824. The van der Waals surface area contributed by atoms with Gasteiger partial charge in [-0.05, 0) is 30.7 Å². The van der Waals surface area contributed by atoms with Gasteiger partial charge in [-0.25, -0.2) is 0 Å². The van der Waals surface area contributed by atoms with Crippen LogP contribution in [0.4, 0.5) is 0 Å². The van der Waals surface area contributed by atoms with Crippen molar-refractivity contribution < 1.29 is 0 Å². The van der Waals surface area contributed by atoms with Crippen LogP contribution in [0.1, 0.15) is 18.4 Å². The largest absolute Gasteiger partial charge is 0.310 e. The summed E-state index contributed by atoms with van der Waals surface area (Å²) in [6.07, 6.45) is 4.67. The monoisotopic (exact) mass is 309 g/mol. The number of hydrogen-bond donors (Lipinski definition) is 1. The fourth-order valence-electron chi connectivity index (χ4n) is 1.71. The van der Waals surface area contributed by atoms with E-state index in [0.717, 1.165) is 21.3 Å². The molecular weight excluding hydrogens is 294 g/mol. The van der Waals surface area contributed by atoms with Crippen LogP contribution < -0.4 is 5.32 Å². The molecule has 1 saturated carbocycles. The van der Waals surface area contributed by atoms with Gasteiger partial charge in [-0.2, -0.15) is 0 Å². The number of aromatic nitrogens is 2. The molecule has 6 heteroatoms. The molecule has 100 valence electrons. The van der Waals surface area contributed by atoms with Crippen molar-refractivity contribution in [3.63, 3.8) is 0 Å². The number of thioether (sulfide) groups is 1. The van der Waals surface area contributed by atoms with Gasteiger partial charge in [0.1, 0.15) is 0 Å². The standard InChI is InChI=1S/C13H15N3S3/c1-17-12-15-16-13(19-12)18-11-5-3-2-4-9(11)8-14-10-6-7-10/h2-5,10,14H,6-8H2,1H3. The van der Waals surface area contributed by atoms with Gasteiger partial charge < -0.3 is 5.32 Å². The topological polar surface area (TPSA) is 37.8 Å². The minimum Gasteiger partial charge on any atom is -0.310 e. The lowest BCUT2D eigenvalue weighted by Gasteiger charge is -2.08. The van der Waals surface area contributed by atoms with Gasteiger partial charge in [-0.1, -0.05) is 53.1 Å². The Morgan fingerprint density at radius 2 is 2.05 bits per heavy atom. The predicted molar refractivity (Wildman–Crippen MR) is 82.1 cm³/mol. The molecule has 1 fully saturated rings. The zero-order valence-corrected chi connectivity index (χ0v) is 13.1. The molecule has 1 aromatic heterocycles. The molecule has 19 heavy (non-hydrogen) atoms. The van der Waals surface area contributed by atoms with E-state index in [4.69, 9.17) is 0 Å². The second-order valence-electron chi connectivity index (χ2n) is 4.40. The summed E-state index contributed by atoms with van der Waals surface area (Å²) >= 11 is 5.02. The first-order chi connectivity index (χ1) is 9.35. The van der Waals surface area contributed by atoms with Gasteiger partial charge in [0.25, 0.3) is 0 Å². The molecule has 0 unspecified atom stereocenters. The Bertz CT molecular complexity index is 552. The highest BCUT2D eigenvalue weighted by molar-refractivity contribution is 8.03. The highest BCUT2D eigenvalue weighted by atomic mass is 32.2. The molecule has 1 aliphatic carbocycles. The van der Waals surface area contributed by atoms with Gasteiger partial charge >= 0.3 is 0 Å². The van der Waals surface area contributed by atoms with E-state index in [1.807, 2.05) is 6.26 Å². The van der Waals surface area contributed by atoms with E-state index in [-0.39, 0.29) is 0 Å². The first-order valence-corrected chi connectivity index (χ1v) is 9.07. The van der Waals surface area contributed by atoms with E-state index in [1.165, 1.54) is 23.3 Å². The normalized spacial score (nSPS) is 14.8. The second kappa shape index (κ2) is 6.26. The van der Waals surface area contributed by atoms with Crippen molar-refractivity contribution in [1.29, 1.82) is 0 Å². The maximum atomic E-state index is 4.22. The van der Waals surface area contributed by atoms with Gasteiger partial charge in [0.05, 0.1) is 0 Å². The van der Waals surface area contributed by atoms with Crippen LogP contribution in [0, 0.1) is 0 Å². The smallest absolute Gasteiger partial charge is 0.179 e. The van der Waals surface area contributed by atoms with Crippen molar-refractivity contribution in [1.82, 2.24) is 15.5 Å². The molecule has 1 aliphatic rings. The average molecular weight is 309 g/mol. The van der Waals surface area contributed by atoms with Gasteiger partial charge in [-0.15, -0.1) is 10.2 Å². The molecule has 1 aromatic carbocycles. The molecule has 3 rings (SSSR count). The summed E-state index contributed by atoms with van der Waals surface area (Å²) in [5, 5.41) is 11.9. The van der Waals surface area contributed by atoms with Gasteiger partial charge in [0.2, 0.25) is 0 Å². The van der Waals surface area contributed by atoms with E-state index in [9.17, 15) is 0 Å². The molecule has 0 atom stereocenters. The third kappa shape index (κ3) is 3.72. The van der Waals surface area contributed by atoms with E-state index in [2.05, 4.69) is 39.8 Å². The van der Waals surface area contributed by atoms with Crippen LogP contribution in [0.5, 0.6) is 0 Å². The first-order valence-electron chi connectivity index (χ1n) is 6.22. The Hall–Kier alpha value is -0.560. The highest BCUT2D eigenvalue weighted by Gasteiger charge is 2.20. The van der Waals surface area contributed by atoms with Crippen molar-refractivity contribution in [2.24, 2.45) is 0 Å². The highest BCUT2D eigenvalue weighted by Crippen LogP contribution is 2.34. The third-order valence-corrected chi connectivity index (χ3v) is 5.96. The second-order valence-corrected chi connectivity index (χ2v) is 7.72. The first kappa shape index (κ1) is 13.4. The Morgan fingerprint density at radius 1 is 1.26 bits per heavy atom. The molecule has 0 spiro atoms. The Kier molecular flexibility index (Phi) is 4.42. The summed E-state index contributed by atoms with van der Waals surface area (Å²) in [7, 11) is 0. The van der Waals surface area contributed by atoms with Crippen molar-refractivity contribution >= 4 is 34.9 Å². The van der Waals surface area contributed by atoms with E-state index >= 15 is 0 Å². The van der Waals surface area contributed by atoms with Gasteiger partial charge in [0.15, 0.2) is 8.68 Å². The fraction of sp³-hybridized carbons (Fsp3) is 0.385. The summed E-state index contributed by atoms with van der Waals surface area (Å²) in [4.78, 5) is 1.28. The summed E-state index contributed by atoms with van der Waals surface area (Å²) < 4.78 is 2.04. The molecule has 0 amide bonds. The average Bonchev–Trinajstić information content (AvgIpc) is 3.16. The van der Waals surface area contributed by atoms with E-state index < -0.39 is 0 Å². The summed E-state index contributed by atoms with van der Waals surface area (Å²) in [5.41, 5.74) is 1.35. The SMILES string of the molecule is CSc1nnc(Sc2ccccc2CNC2CC2)s1. The molecule has 1 N–H and O–H groups in total. The number of benzene rings is 1. The fourth-order valence-corrected chi connectivity index (χ4v) is 4.23. The maximum absolute atomic E-state index is 4.22. The lowest BCUT2D eigenvalue weighted by molar-refractivity contribution is 0.680. The number of rotatable bonds is 6. The molecular formula is C13H15N3S3. The van der Waals surface area contributed by atoms with Crippen molar-refractivity contribution in [3.8, 4) is 0 Å². The van der Waals surface area contributed by atoms with Crippen molar-refractivity contribution in [3.05, 3.63) is 29.8 Å². The molecule has 0 radical (unpaired) electrons. The summed E-state index contributed by atoms with van der Waals surface area (Å²) in [5.74, 6) is 0. The van der Waals surface area contributed by atoms with Gasteiger partial charge in [0, 0.05) is 17.5 Å². The third-order valence-electron chi connectivity index (χ3n) is 2.89. The van der Waals surface area contributed by atoms with Crippen LogP contribution in [0.15, 0.2) is 37.8 Å². The Morgan fingerprint density at radius 3 is 2.79 bits per heavy atom. The molecule has 1 heterocycles. The van der Waals surface area contributed by atoms with Crippen LogP contribution >= 0.6 is 34.9 Å². The number of hydrogen-bond acceptors (Lipinski definition) is 6. The summed E-state index contributed by atoms with van der Waals surface area (Å²) in [6, 6.07) is 9.27. The van der Waals surface area contributed by atoms with E-state index in [1.54, 1.807) is 34.9 Å². The van der Waals surface area contributed by atoms with E-state index in [0.29, 0.717) is 0 Å². The lowest BCUT2D eigenvalue weighted by atomic mass is 10.2. The lowest BCUT2D eigenvalue weighted by Crippen LogP contribution is -2.15. The zero-order valence-electron chi connectivity index (χ0n) is 10.6. The molecule has 0 saturated heterocycles. The summed E-state index contributed by atoms with van der Waals surface area (Å²) in [6.45, 7) is 0.946. The molecule has 3 nitrogen and oxygen atoms in total. The number of nitrogens with one attached hydrogen (secondary N) is 1. The van der Waals surface area contributed by atoms with Crippen LogP contribution in [0.25, 0.3) is 0 Å².